The van der Waals surface area contributed by atoms with Crippen LogP contribution < -0.4 is 16.0 Å². The largest absolute Gasteiger partial charge is 0.421 e. The van der Waals surface area contributed by atoms with Gasteiger partial charge < -0.3 is 25.8 Å². The normalized spacial score (nSPS) is 24.6. The zero-order chi connectivity index (χ0) is 30.9. The highest BCUT2D eigenvalue weighted by molar-refractivity contribution is 5.94. The number of alkyl halides is 3. The first-order valence-corrected chi connectivity index (χ1v) is 15.2. The van der Waals surface area contributed by atoms with Gasteiger partial charge in [0.1, 0.15) is 11.4 Å². The first kappa shape index (κ1) is 31.0. The van der Waals surface area contributed by atoms with E-state index in [0.717, 1.165) is 57.8 Å². The van der Waals surface area contributed by atoms with Gasteiger partial charge >= 0.3 is 6.18 Å². The summed E-state index contributed by atoms with van der Waals surface area (Å²) in [4.78, 5) is 38.5. The average Bonchev–Trinajstić information content (AvgIpc) is 2.97. The van der Waals surface area contributed by atoms with Crippen LogP contribution in [0.5, 0.6) is 0 Å². The van der Waals surface area contributed by atoms with Crippen molar-refractivity contribution in [1.29, 1.82) is 0 Å². The highest BCUT2D eigenvalue weighted by atomic mass is 19.4. The predicted molar refractivity (Wildman–Crippen MR) is 159 cm³/mol. The minimum absolute atomic E-state index is 0.0119. The SMILES string of the molecule is CC(C)NC(=O)[C@H]1C2CCC(CC2)[C@@H]1Nc1nc(Nc2ccc(C(=O)N(C)C3CCN(C)CC3)cc2)ncc1C(F)(F)F. The van der Waals surface area contributed by atoms with Crippen molar-refractivity contribution >= 4 is 29.3 Å². The second kappa shape index (κ2) is 12.7. The fraction of sp³-hybridized carbons (Fsp3) is 0.613. The molecule has 2 aromatic rings. The Hall–Kier alpha value is -3.41. The van der Waals surface area contributed by atoms with Crippen LogP contribution in [-0.4, -0.2) is 76.9 Å². The summed E-state index contributed by atoms with van der Waals surface area (Å²) in [5, 5.41) is 9.01. The van der Waals surface area contributed by atoms with E-state index in [4.69, 9.17) is 0 Å². The maximum atomic E-state index is 14.1. The van der Waals surface area contributed by atoms with Crippen molar-refractivity contribution in [3.63, 3.8) is 0 Å². The summed E-state index contributed by atoms with van der Waals surface area (Å²) in [5.41, 5.74) is 0.0938. The van der Waals surface area contributed by atoms with Gasteiger partial charge in [-0.2, -0.15) is 18.2 Å². The number of amides is 2. The lowest BCUT2D eigenvalue weighted by atomic mass is 9.61. The van der Waals surface area contributed by atoms with Gasteiger partial charge in [0.2, 0.25) is 11.9 Å². The van der Waals surface area contributed by atoms with Crippen LogP contribution >= 0.6 is 0 Å². The first-order valence-electron chi connectivity index (χ1n) is 15.2. The third kappa shape index (κ3) is 7.05. The third-order valence-electron chi connectivity index (χ3n) is 9.29. The van der Waals surface area contributed by atoms with Crippen molar-refractivity contribution in [2.45, 2.75) is 76.7 Å². The number of benzene rings is 1. The monoisotopic (exact) mass is 601 g/mol. The van der Waals surface area contributed by atoms with Crippen molar-refractivity contribution in [3.8, 4) is 0 Å². The van der Waals surface area contributed by atoms with E-state index >= 15 is 0 Å². The zero-order valence-electron chi connectivity index (χ0n) is 25.2. The zero-order valence-corrected chi connectivity index (χ0v) is 25.2. The van der Waals surface area contributed by atoms with Crippen LogP contribution in [0.1, 0.15) is 68.3 Å². The van der Waals surface area contributed by atoms with Crippen molar-refractivity contribution in [2.75, 3.05) is 37.8 Å². The molecule has 0 radical (unpaired) electrons. The summed E-state index contributed by atoms with van der Waals surface area (Å²) in [6.45, 7) is 5.65. The molecule has 3 N–H and O–H groups in total. The molecule has 12 heteroatoms. The Morgan fingerprint density at radius 1 is 1.00 bits per heavy atom. The van der Waals surface area contributed by atoms with Crippen molar-refractivity contribution in [2.24, 2.45) is 17.8 Å². The molecular weight excluding hydrogens is 559 g/mol. The molecule has 4 aliphatic rings. The number of anilines is 3. The second-order valence-electron chi connectivity index (χ2n) is 12.6. The number of carbonyl (C=O) groups is 2. The molecule has 2 amide bonds. The van der Waals surface area contributed by atoms with E-state index in [2.05, 4.69) is 37.9 Å². The van der Waals surface area contributed by atoms with E-state index in [1.165, 1.54) is 0 Å². The number of halogens is 3. The summed E-state index contributed by atoms with van der Waals surface area (Å²) in [6.07, 6.45) is 1.47. The number of aromatic nitrogens is 2. The molecule has 1 aliphatic heterocycles. The number of nitrogens with zero attached hydrogens (tertiary/aromatic N) is 4. The summed E-state index contributed by atoms with van der Waals surface area (Å²) in [5.74, 6) is -0.776. The highest BCUT2D eigenvalue weighted by Gasteiger charge is 2.48. The minimum atomic E-state index is -4.67. The van der Waals surface area contributed by atoms with Crippen LogP contribution in [0.25, 0.3) is 0 Å². The first-order chi connectivity index (χ1) is 20.4. The summed E-state index contributed by atoms with van der Waals surface area (Å²) in [7, 11) is 3.90. The topological polar surface area (TPSA) is 102 Å². The van der Waals surface area contributed by atoms with E-state index < -0.39 is 23.7 Å². The number of likely N-dealkylation sites (tertiary alicyclic amines) is 1. The molecule has 9 nitrogen and oxygen atoms in total. The van der Waals surface area contributed by atoms with E-state index in [1.807, 2.05) is 20.9 Å². The molecule has 0 spiro atoms. The minimum Gasteiger partial charge on any atom is -0.366 e. The van der Waals surface area contributed by atoms with E-state index in [0.29, 0.717) is 11.3 Å². The van der Waals surface area contributed by atoms with Crippen LogP contribution in [0.2, 0.25) is 0 Å². The van der Waals surface area contributed by atoms with E-state index in [1.54, 1.807) is 29.2 Å². The van der Waals surface area contributed by atoms with Gasteiger partial charge in [0.25, 0.3) is 5.91 Å². The Bertz CT molecular complexity index is 1290. The molecule has 6 rings (SSSR count). The van der Waals surface area contributed by atoms with Gasteiger partial charge in [0.15, 0.2) is 0 Å². The molecule has 4 fully saturated rings. The van der Waals surface area contributed by atoms with Gasteiger partial charge in [-0.25, -0.2) is 4.98 Å². The molecule has 3 aliphatic carbocycles. The molecule has 2 bridgehead atoms. The molecule has 0 unspecified atom stereocenters. The van der Waals surface area contributed by atoms with Crippen LogP contribution in [-0.2, 0) is 11.0 Å². The molecule has 2 atom stereocenters. The smallest absolute Gasteiger partial charge is 0.366 e. The van der Waals surface area contributed by atoms with Gasteiger partial charge in [-0.05, 0) is 109 Å². The maximum Gasteiger partial charge on any atom is 0.421 e. The number of hydrogen-bond donors (Lipinski definition) is 3. The lowest BCUT2D eigenvalue weighted by Gasteiger charge is -2.48. The number of nitrogens with one attached hydrogen (secondary N) is 3. The van der Waals surface area contributed by atoms with Crippen LogP contribution in [0, 0.1) is 17.8 Å². The number of fused-ring (bicyclic) bond motifs is 3. The molecular formula is C31H42F3N7O2. The summed E-state index contributed by atoms with van der Waals surface area (Å²) < 4.78 is 42.2. The van der Waals surface area contributed by atoms with Crippen molar-refractivity contribution in [1.82, 2.24) is 25.1 Å². The number of carbonyl (C=O) groups excluding carboxylic acids is 2. The Kier molecular flexibility index (Phi) is 9.15. The number of hydrogen-bond acceptors (Lipinski definition) is 7. The molecule has 43 heavy (non-hydrogen) atoms. The van der Waals surface area contributed by atoms with Crippen LogP contribution in [0.3, 0.4) is 0 Å². The fourth-order valence-corrected chi connectivity index (χ4v) is 6.91. The van der Waals surface area contributed by atoms with E-state index in [-0.39, 0.29) is 47.5 Å². The van der Waals surface area contributed by atoms with Gasteiger partial charge in [-0.15, -0.1) is 0 Å². The predicted octanol–water partition coefficient (Wildman–Crippen LogP) is 5.15. The lowest BCUT2D eigenvalue weighted by Crippen LogP contribution is -2.55. The molecule has 1 saturated heterocycles. The van der Waals surface area contributed by atoms with Gasteiger partial charge in [-0.1, -0.05) is 0 Å². The quantitative estimate of drug-likeness (QED) is 0.385. The Morgan fingerprint density at radius 2 is 1.63 bits per heavy atom. The molecule has 1 aromatic carbocycles. The van der Waals surface area contributed by atoms with Crippen LogP contribution in [0.15, 0.2) is 30.5 Å². The van der Waals surface area contributed by atoms with Gasteiger partial charge in [0, 0.05) is 42.6 Å². The number of piperidine rings is 1. The average molecular weight is 602 g/mol. The second-order valence-corrected chi connectivity index (χ2v) is 12.6. The van der Waals surface area contributed by atoms with E-state index in [9.17, 15) is 22.8 Å². The summed E-state index contributed by atoms with van der Waals surface area (Å²) >= 11 is 0. The van der Waals surface area contributed by atoms with Gasteiger partial charge in [0.05, 0.1) is 5.92 Å². The Balaban J connectivity index is 1.33. The highest BCUT2D eigenvalue weighted by Crippen LogP contribution is 2.47. The summed E-state index contributed by atoms with van der Waals surface area (Å²) in [6, 6.07) is 6.43. The van der Waals surface area contributed by atoms with Crippen LogP contribution in [0.4, 0.5) is 30.6 Å². The van der Waals surface area contributed by atoms with Crippen molar-refractivity contribution < 1.29 is 22.8 Å². The maximum absolute atomic E-state index is 14.1. The standard InChI is InChI=1S/C31H42F3N7O2/c1-18(2)36-28(42)25-19-5-7-20(8-6-19)26(25)38-27-24(31(32,33)34)17-35-30(39-27)37-22-11-9-21(10-12-22)29(43)41(4)23-13-15-40(3)16-14-23/h9-12,17-20,23,25-26H,5-8,13-16H2,1-4H3,(H,36,42)(H2,35,37,38,39)/t19?,20?,25-,26-/m0/s1. The third-order valence-corrected chi connectivity index (χ3v) is 9.29. The molecule has 2 heterocycles. The number of rotatable bonds is 8. The Labute approximate surface area is 251 Å². The fourth-order valence-electron chi connectivity index (χ4n) is 6.91. The lowest BCUT2D eigenvalue weighted by molar-refractivity contribution is -0.137. The molecule has 234 valence electrons. The Morgan fingerprint density at radius 3 is 2.23 bits per heavy atom. The molecule has 1 aromatic heterocycles. The van der Waals surface area contributed by atoms with Crippen molar-refractivity contribution in [3.05, 3.63) is 41.6 Å². The molecule has 3 saturated carbocycles. The van der Waals surface area contributed by atoms with Gasteiger partial charge in [-0.3, -0.25) is 9.59 Å².